The Labute approximate surface area is 406 Å². The Morgan fingerprint density at radius 3 is 1.08 bits per heavy atom. The third-order valence-electron chi connectivity index (χ3n) is 13.5. The lowest BCUT2D eigenvalue weighted by Gasteiger charge is -2.23. The van der Waals surface area contributed by atoms with Crippen LogP contribution in [0.5, 0.6) is 0 Å². The molecular formula is C62H33N9. The molecule has 0 aliphatic rings. The minimum Gasteiger partial charge on any atom is -0.307 e. The second-order valence-electron chi connectivity index (χ2n) is 17.4. The van der Waals surface area contributed by atoms with E-state index >= 15 is 0 Å². The number of fused-ring (bicyclic) bond motifs is 9. The quantitative estimate of drug-likeness (QED) is 0.154. The molecular weight excluding hydrogens is 871 g/mol. The molecule has 4 aromatic heterocycles. The van der Waals surface area contributed by atoms with Gasteiger partial charge in [0.05, 0.1) is 97.5 Å². The highest BCUT2D eigenvalue weighted by Crippen LogP contribution is 2.45. The molecule has 0 saturated carbocycles. The molecule has 0 aliphatic carbocycles. The molecule has 71 heavy (non-hydrogen) atoms. The summed E-state index contributed by atoms with van der Waals surface area (Å²) in [6.07, 6.45) is 0. The largest absolute Gasteiger partial charge is 0.307 e. The molecule has 0 N–H and O–H groups in total. The minimum absolute atomic E-state index is 0.265. The zero-order valence-electron chi connectivity index (χ0n) is 37.6. The van der Waals surface area contributed by atoms with Gasteiger partial charge >= 0.3 is 0 Å². The summed E-state index contributed by atoms with van der Waals surface area (Å²) in [5.74, 6) is 0.265. The maximum absolute atomic E-state index is 10.1. The number of hydrogen-bond donors (Lipinski definition) is 0. The number of nitriles is 3. The lowest BCUT2D eigenvalue weighted by atomic mass is 10.0. The smallest absolute Gasteiger partial charge is 0.189 e. The van der Waals surface area contributed by atoms with Gasteiger partial charge in [0.25, 0.3) is 0 Å². The van der Waals surface area contributed by atoms with Crippen LogP contribution in [0.25, 0.3) is 121 Å². The minimum atomic E-state index is 0.265. The van der Waals surface area contributed by atoms with Gasteiger partial charge in [-0.2, -0.15) is 15.8 Å². The standard InChI is InChI=1S/C62H33N9/c1-66-44-30-40(37-65)27-41(31-44)51-34-52(68-62(67-51)43-28-38(35-63)26-39(29-43)36-64)42-32-59(69-53-20-8-2-14-45(53)46-15-3-9-21-54(46)69)61(71-57-24-12-6-18-49(57)50-19-7-13-25-58(50)71)60(33-42)70-55-22-10-4-16-47(55)48-17-5-11-23-56(48)70/h2-34H. The fraction of sp³-hybridized carbons (Fsp3) is 0. The second-order valence-corrected chi connectivity index (χ2v) is 17.4. The highest BCUT2D eigenvalue weighted by atomic mass is 15.1. The van der Waals surface area contributed by atoms with Crippen molar-refractivity contribution in [3.63, 3.8) is 0 Å². The van der Waals surface area contributed by atoms with Gasteiger partial charge in [0.15, 0.2) is 11.5 Å². The van der Waals surface area contributed by atoms with Crippen molar-refractivity contribution in [2.24, 2.45) is 0 Å². The van der Waals surface area contributed by atoms with E-state index in [0.29, 0.717) is 28.1 Å². The van der Waals surface area contributed by atoms with Gasteiger partial charge < -0.3 is 13.7 Å². The number of rotatable bonds is 6. The van der Waals surface area contributed by atoms with Crippen LogP contribution in [0.4, 0.5) is 5.69 Å². The molecule has 0 atom stereocenters. The van der Waals surface area contributed by atoms with Crippen molar-refractivity contribution in [2.75, 3.05) is 0 Å². The predicted octanol–water partition coefficient (Wildman–Crippen LogP) is 14.9. The van der Waals surface area contributed by atoms with Crippen molar-refractivity contribution in [1.82, 2.24) is 23.7 Å². The summed E-state index contributed by atoms with van der Waals surface area (Å²) in [5, 5.41) is 37.0. The van der Waals surface area contributed by atoms with Gasteiger partial charge in [-0.05, 0) is 96.6 Å². The van der Waals surface area contributed by atoms with Crippen LogP contribution >= 0.6 is 0 Å². The first-order valence-corrected chi connectivity index (χ1v) is 22.9. The van der Waals surface area contributed by atoms with Crippen molar-refractivity contribution >= 4 is 71.1 Å². The van der Waals surface area contributed by atoms with E-state index in [0.717, 1.165) is 88.0 Å². The first kappa shape index (κ1) is 40.7. The van der Waals surface area contributed by atoms with Gasteiger partial charge in [0, 0.05) is 49.0 Å². The molecule has 0 fully saturated rings. The van der Waals surface area contributed by atoms with Gasteiger partial charge in [-0.25, -0.2) is 14.8 Å². The van der Waals surface area contributed by atoms with Gasteiger partial charge in [-0.3, -0.25) is 0 Å². The van der Waals surface area contributed by atoms with Crippen LogP contribution in [0.15, 0.2) is 200 Å². The van der Waals surface area contributed by atoms with E-state index < -0.39 is 0 Å². The third-order valence-corrected chi connectivity index (χ3v) is 13.5. The van der Waals surface area contributed by atoms with Crippen LogP contribution in [0, 0.1) is 40.6 Å². The van der Waals surface area contributed by atoms with Crippen molar-refractivity contribution < 1.29 is 0 Å². The summed E-state index contributed by atoms with van der Waals surface area (Å²) < 4.78 is 7.13. The fourth-order valence-electron chi connectivity index (χ4n) is 10.5. The lowest BCUT2D eigenvalue weighted by Crippen LogP contribution is -2.10. The Hall–Kier alpha value is -10.6. The fourth-order valence-corrected chi connectivity index (χ4v) is 10.5. The number of hydrogen-bond acceptors (Lipinski definition) is 5. The molecule has 9 heteroatoms. The number of para-hydroxylation sites is 6. The first-order chi connectivity index (χ1) is 35.0. The van der Waals surface area contributed by atoms with Crippen LogP contribution in [-0.4, -0.2) is 23.7 Å². The highest BCUT2D eigenvalue weighted by molar-refractivity contribution is 6.14. The molecule has 0 amide bonds. The summed E-state index contributed by atoms with van der Waals surface area (Å²) in [7, 11) is 0. The summed E-state index contributed by atoms with van der Waals surface area (Å²) >= 11 is 0. The van der Waals surface area contributed by atoms with Crippen molar-refractivity contribution in [1.29, 1.82) is 15.8 Å². The molecule has 13 rings (SSSR count). The maximum atomic E-state index is 10.1. The SMILES string of the molecule is [C-]#[N+]c1cc(C#N)cc(-c2cc(-c3cc(-n4c5ccccc5c5ccccc54)c(-n4c5ccccc5c5ccccc54)c(-n4c5ccccc5c5ccccc54)c3)nc(-c3cc(C#N)cc(C#N)c3)n2)c1. The topological polar surface area (TPSA) is 116 Å². The molecule has 0 unspecified atom stereocenters. The van der Waals surface area contributed by atoms with Crippen LogP contribution in [0.1, 0.15) is 16.7 Å². The monoisotopic (exact) mass is 903 g/mol. The zero-order valence-corrected chi connectivity index (χ0v) is 37.6. The van der Waals surface area contributed by atoms with Crippen molar-refractivity contribution in [3.8, 4) is 69.2 Å². The zero-order chi connectivity index (χ0) is 47.7. The Morgan fingerprint density at radius 2 is 0.704 bits per heavy atom. The Kier molecular flexibility index (Phi) is 9.19. The Morgan fingerprint density at radius 1 is 0.366 bits per heavy atom. The number of nitrogens with zero attached hydrogens (tertiary/aromatic N) is 9. The van der Waals surface area contributed by atoms with Crippen molar-refractivity contribution in [2.45, 2.75) is 0 Å². The highest BCUT2D eigenvalue weighted by Gasteiger charge is 2.27. The predicted molar refractivity (Wildman–Crippen MR) is 282 cm³/mol. The van der Waals surface area contributed by atoms with E-state index in [2.05, 4.69) is 194 Å². The van der Waals surface area contributed by atoms with Gasteiger partial charge in [0.2, 0.25) is 0 Å². The molecule has 0 spiro atoms. The summed E-state index contributed by atoms with van der Waals surface area (Å²) in [6.45, 7) is 7.93. The average molecular weight is 904 g/mol. The normalized spacial score (nSPS) is 11.3. The molecule has 0 aliphatic heterocycles. The van der Waals surface area contributed by atoms with E-state index in [4.69, 9.17) is 16.5 Å². The second kappa shape index (κ2) is 16.0. The van der Waals surface area contributed by atoms with E-state index in [1.165, 1.54) is 6.07 Å². The summed E-state index contributed by atoms with van der Waals surface area (Å²) in [4.78, 5) is 14.1. The van der Waals surface area contributed by atoms with E-state index in [1.54, 1.807) is 30.3 Å². The number of benzene rings is 9. The molecule has 9 aromatic carbocycles. The molecule has 13 aromatic rings. The molecule has 326 valence electrons. The number of aromatic nitrogens is 5. The summed E-state index contributed by atoms with van der Waals surface area (Å²) in [5.41, 5.74) is 12.8. The first-order valence-electron chi connectivity index (χ1n) is 22.9. The van der Waals surface area contributed by atoms with Gasteiger partial charge in [-0.15, -0.1) is 0 Å². The Bertz CT molecular complexity index is 4140. The maximum Gasteiger partial charge on any atom is 0.189 e. The third kappa shape index (κ3) is 6.37. The van der Waals surface area contributed by atoms with Crippen molar-refractivity contribution in [3.05, 3.63) is 228 Å². The molecule has 0 bridgehead atoms. The molecule has 9 nitrogen and oxygen atoms in total. The molecule has 0 radical (unpaired) electrons. The van der Waals surface area contributed by atoms with Crippen LogP contribution in [0.2, 0.25) is 0 Å². The summed E-state index contributed by atoms with van der Waals surface area (Å²) in [6, 6.07) is 73.9. The van der Waals surface area contributed by atoms with Crippen LogP contribution < -0.4 is 0 Å². The van der Waals surface area contributed by atoms with Crippen LogP contribution in [-0.2, 0) is 0 Å². The van der Waals surface area contributed by atoms with E-state index in [-0.39, 0.29) is 22.6 Å². The van der Waals surface area contributed by atoms with Gasteiger partial charge in [0.1, 0.15) is 0 Å². The Balaban J connectivity index is 1.25. The molecule has 0 saturated heterocycles. The van der Waals surface area contributed by atoms with Crippen LogP contribution in [0.3, 0.4) is 0 Å². The molecule has 4 heterocycles. The van der Waals surface area contributed by atoms with E-state index in [9.17, 15) is 15.8 Å². The van der Waals surface area contributed by atoms with E-state index in [1.807, 2.05) is 6.07 Å². The average Bonchev–Trinajstić information content (AvgIpc) is 4.08. The van der Waals surface area contributed by atoms with Gasteiger partial charge in [-0.1, -0.05) is 109 Å². The lowest BCUT2D eigenvalue weighted by molar-refractivity contribution is 1.05.